The maximum absolute atomic E-state index is 12.5. The van der Waals surface area contributed by atoms with Crippen LogP contribution in [-0.2, 0) is 4.79 Å². The number of thiazole rings is 1. The maximum atomic E-state index is 12.5. The number of aryl methyl sites for hydroxylation is 1. The third-order valence-corrected chi connectivity index (χ3v) is 6.31. The van der Waals surface area contributed by atoms with E-state index in [1.165, 1.54) is 21.0 Å². The van der Waals surface area contributed by atoms with Gasteiger partial charge in [0.15, 0.2) is 6.54 Å². The number of nitrogens with zero attached hydrogens (tertiary/aromatic N) is 1. The van der Waals surface area contributed by atoms with Crippen molar-refractivity contribution in [1.82, 2.24) is 4.98 Å². The van der Waals surface area contributed by atoms with Crippen LogP contribution in [0.5, 0.6) is 0 Å². The van der Waals surface area contributed by atoms with Crippen molar-refractivity contribution in [1.29, 1.82) is 0 Å². The van der Waals surface area contributed by atoms with Crippen molar-refractivity contribution in [2.75, 3.05) is 25.0 Å². The number of hydrogen-bond donors (Lipinski definition) is 2. The Labute approximate surface area is 157 Å². The van der Waals surface area contributed by atoms with Crippen molar-refractivity contribution in [3.8, 4) is 0 Å². The van der Waals surface area contributed by atoms with Crippen LogP contribution in [0.1, 0.15) is 29.3 Å². The highest BCUT2D eigenvalue weighted by molar-refractivity contribution is 7.18. The number of benzene rings is 2. The molecule has 4 rings (SSSR count). The van der Waals surface area contributed by atoms with Gasteiger partial charge in [-0.3, -0.25) is 4.79 Å². The maximum Gasteiger partial charge on any atom is 0.279 e. The Morgan fingerprint density at radius 1 is 1.23 bits per heavy atom. The summed E-state index contributed by atoms with van der Waals surface area (Å²) in [5, 5.41) is 4.29. The molecule has 1 amide bonds. The second-order valence-corrected chi connectivity index (χ2v) is 8.17. The highest BCUT2D eigenvalue weighted by Gasteiger charge is 2.28. The summed E-state index contributed by atoms with van der Waals surface area (Å²) in [6.45, 7) is 4.59. The second kappa shape index (κ2) is 7.56. The van der Waals surface area contributed by atoms with Gasteiger partial charge in [-0.15, -0.1) is 11.3 Å². The molecule has 2 N–H and O–H groups in total. The molecule has 1 saturated heterocycles. The SMILES string of the molecule is Cc1ccccc1NC(=O)C[NH+]1CCC[C@H](c2nc3ccccc3s2)C1. The summed E-state index contributed by atoms with van der Waals surface area (Å²) >= 11 is 1.80. The Hall–Kier alpha value is -2.24. The minimum atomic E-state index is 0.0965. The van der Waals surface area contributed by atoms with Crippen LogP contribution in [0, 0.1) is 6.92 Å². The molecule has 0 bridgehead atoms. The van der Waals surface area contributed by atoms with Crippen LogP contribution in [0.3, 0.4) is 0 Å². The van der Waals surface area contributed by atoms with Crippen LogP contribution in [0.15, 0.2) is 48.5 Å². The number of fused-ring (bicyclic) bond motifs is 1. The molecule has 5 heteroatoms. The molecule has 0 aliphatic carbocycles. The Morgan fingerprint density at radius 2 is 2.04 bits per heavy atom. The number of rotatable bonds is 4. The summed E-state index contributed by atoms with van der Waals surface area (Å²) < 4.78 is 1.26. The van der Waals surface area contributed by atoms with E-state index in [2.05, 4.69) is 23.5 Å². The zero-order valence-corrected chi connectivity index (χ0v) is 15.8. The molecule has 1 aliphatic heterocycles. The lowest BCUT2D eigenvalue weighted by Crippen LogP contribution is -3.14. The van der Waals surface area contributed by atoms with Gasteiger partial charge in [-0.25, -0.2) is 4.98 Å². The minimum Gasteiger partial charge on any atom is -0.327 e. The van der Waals surface area contributed by atoms with Gasteiger partial charge in [0.2, 0.25) is 0 Å². The van der Waals surface area contributed by atoms with Gasteiger partial charge < -0.3 is 10.2 Å². The summed E-state index contributed by atoms with van der Waals surface area (Å²) in [4.78, 5) is 18.7. The van der Waals surface area contributed by atoms with E-state index in [-0.39, 0.29) is 5.91 Å². The normalized spacial score (nSPS) is 20.2. The van der Waals surface area contributed by atoms with E-state index in [9.17, 15) is 4.79 Å². The molecule has 0 radical (unpaired) electrons. The minimum absolute atomic E-state index is 0.0965. The highest BCUT2D eigenvalue weighted by Crippen LogP contribution is 2.30. The quantitative estimate of drug-likeness (QED) is 0.746. The predicted molar refractivity (Wildman–Crippen MR) is 107 cm³/mol. The highest BCUT2D eigenvalue weighted by atomic mass is 32.1. The van der Waals surface area contributed by atoms with E-state index in [1.54, 1.807) is 11.3 Å². The summed E-state index contributed by atoms with van der Waals surface area (Å²) in [5.74, 6) is 0.557. The van der Waals surface area contributed by atoms with Gasteiger partial charge in [0.05, 0.1) is 29.2 Å². The van der Waals surface area contributed by atoms with Crippen LogP contribution in [-0.4, -0.2) is 30.5 Å². The molecular formula is C21H24N3OS+. The van der Waals surface area contributed by atoms with Crippen LogP contribution in [0.2, 0.25) is 0 Å². The fourth-order valence-electron chi connectivity index (χ4n) is 3.72. The number of piperidine rings is 1. The zero-order chi connectivity index (χ0) is 17.9. The number of quaternary nitrogens is 1. The molecular weight excluding hydrogens is 342 g/mol. The molecule has 3 aromatic rings. The second-order valence-electron chi connectivity index (χ2n) is 7.10. The smallest absolute Gasteiger partial charge is 0.279 e. The molecule has 134 valence electrons. The molecule has 26 heavy (non-hydrogen) atoms. The fourth-order valence-corrected chi connectivity index (χ4v) is 4.82. The number of nitrogens with one attached hydrogen (secondary N) is 2. The van der Waals surface area contributed by atoms with E-state index in [0.29, 0.717) is 12.5 Å². The number of para-hydroxylation sites is 2. The molecule has 1 fully saturated rings. The number of hydrogen-bond acceptors (Lipinski definition) is 3. The van der Waals surface area contributed by atoms with E-state index in [0.717, 1.165) is 36.3 Å². The molecule has 2 atom stereocenters. The van der Waals surface area contributed by atoms with Crippen LogP contribution < -0.4 is 10.2 Å². The third-order valence-electron chi connectivity index (χ3n) is 5.11. The zero-order valence-electron chi connectivity index (χ0n) is 15.0. The van der Waals surface area contributed by atoms with Gasteiger partial charge >= 0.3 is 0 Å². The number of amides is 1. The lowest BCUT2D eigenvalue weighted by Gasteiger charge is -2.28. The number of anilines is 1. The monoisotopic (exact) mass is 366 g/mol. The van der Waals surface area contributed by atoms with Crippen molar-refractivity contribution >= 4 is 33.1 Å². The number of likely N-dealkylation sites (tertiary alicyclic amines) is 1. The Balaban J connectivity index is 1.40. The number of carbonyl (C=O) groups excluding carboxylic acids is 1. The number of carbonyl (C=O) groups is 1. The summed E-state index contributed by atoms with van der Waals surface area (Å²) in [7, 11) is 0. The van der Waals surface area contributed by atoms with E-state index < -0.39 is 0 Å². The first-order chi connectivity index (χ1) is 12.7. The first kappa shape index (κ1) is 17.2. The fraction of sp³-hybridized carbons (Fsp3) is 0.333. The van der Waals surface area contributed by atoms with Gasteiger partial charge in [-0.05, 0) is 43.5 Å². The van der Waals surface area contributed by atoms with Gasteiger partial charge in [0.25, 0.3) is 5.91 Å². The molecule has 1 aliphatic rings. The largest absolute Gasteiger partial charge is 0.327 e. The van der Waals surface area contributed by atoms with Gasteiger partial charge in [0.1, 0.15) is 5.01 Å². The van der Waals surface area contributed by atoms with Crippen molar-refractivity contribution in [3.05, 3.63) is 59.1 Å². The van der Waals surface area contributed by atoms with Crippen molar-refractivity contribution in [2.45, 2.75) is 25.7 Å². The number of aromatic nitrogens is 1. The molecule has 1 unspecified atom stereocenters. The average Bonchev–Trinajstić information content (AvgIpc) is 3.08. The third kappa shape index (κ3) is 3.79. The summed E-state index contributed by atoms with van der Waals surface area (Å²) in [6.07, 6.45) is 2.32. The average molecular weight is 367 g/mol. The summed E-state index contributed by atoms with van der Waals surface area (Å²) in [5.41, 5.74) is 3.11. The van der Waals surface area contributed by atoms with Crippen molar-refractivity contribution < 1.29 is 9.69 Å². The molecule has 4 nitrogen and oxygen atoms in total. The van der Waals surface area contributed by atoms with Crippen molar-refractivity contribution in [2.24, 2.45) is 0 Å². The Bertz CT molecular complexity index is 887. The van der Waals surface area contributed by atoms with Gasteiger partial charge in [-0.1, -0.05) is 30.3 Å². The first-order valence-corrected chi connectivity index (χ1v) is 10.1. The van der Waals surface area contributed by atoms with Crippen LogP contribution in [0.25, 0.3) is 10.2 Å². The first-order valence-electron chi connectivity index (χ1n) is 9.23. The van der Waals surface area contributed by atoms with E-state index >= 15 is 0 Å². The van der Waals surface area contributed by atoms with Crippen LogP contribution in [0.4, 0.5) is 5.69 Å². The van der Waals surface area contributed by atoms with Gasteiger partial charge in [-0.2, -0.15) is 0 Å². The van der Waals surface area contributed by atoms with E-state index in [1.807, 2.05) is 37.3 Å². The lowest BCUT2D eigenvalue weighted by atomic mass is 9.99. The summed E-state index contributed by atoms with van der Waals surface area (Å²) in [6, 6.07) is 16.3. The van der Waals surface area contributed by atoms with E-state index in [4.69, 9.17) is 4.98 Å². The topological polar surface area (TPSA) is 46.4 Å². The molecule has 1 aromatic heterocycles. The molecule has 2 aromatic carbocycles. The molecule has 0 spiro atoms. The Morgan fingerprint density at radius 3 is 2.88 bits per heavy atom. The standard InChI is InChI=1S/C21H23N3OS/c1-15-7-2-3-9-17(15)22-20(25)14-24-12-6-8-16(13-24)21-23-18-10-4-5-11-19(18)26-21/h2-5,7,9-11,16H,6,8,12-14H2,1H3,(H,22,25)/p+1/t16-/m0/s1. The molecule has 0 saturated carbocycles. The van der Waals surface area contributed by atoms with Gasteiger partial charge in [0, 0.05) is 5.69 Å². The van der Waals surface area contributed by atoms with Crippen LogP contribution >= 0.6 is 11.3 Å². The molecule has 2 heterocycles. The predicted octanol–water partition coefficient (Wildman–Crippen LogP) is 3.01. The lowest BCUT2D eigenvalue weighted by molar-refractivity contribution is -0.898. The van der Waals surface area contributed by atoms with Crippen molar-refractivity contribution in [3.63, 3.8) is 0 Å². The Kier molecular flexibility index (Phi) is 5.00.